The van der Waals surface area contributed by atoms with Crippen molar-refractivity contribution in [2.24, 2.45) is 10.7 Å². The number of nitrogens with zero attached hydrogens (tertiary/aromatic N) is 1. The Labute approximate surface area is 91.0 Å². The third kappa shape index (κ3) is 3.27. The van der Waals surface area contributed by atoms with Crippen molar-refractivity contribution in [1.29, 1.82) is 0 Å². The molecule has 2 N–H and O–H groups in total. The predicted molar refractivity (Wildman–Crippen MR) is 63.5 cm³/mol. The van der Waals surface area contributed by atoms with Crippen molar-refractivity contribution >= 4 is 5.84 Å². The van der Waals surface area contributed by atoms with Gasteiger partial charge in [0.25, 0.3) is 0 Å². The summed E-state index contributed by atoms with van der Waals surface area (Å²) >= 11 is 0. The zero-order valence-corrected chi connectivity index (χ0v) is 9.36. The molecule has 0 spiro atoms. The number of amidine groups is 1. The number of hydrogen-bond acceptors (Lipinski definition) is 2. The van der Waals surface area contributed by atoms with Crippen molar-refractivity contribution in [3.63, 3.8) is 0 Å². The predicted octanol–water partition coefficient (Wildman–Crippen LogP) is 2.20. The fourth-order valence-electron chi connectivity index (χ4n) is 1.28. The standard InChI is InChI=1S/C12H18N2O/c1-3-9-14-12(13)10-7-5-6-8-11(10)15-4-2/h5-8H,3-4,9H2,1-2H3,(H2,13,14). The lowest BCUT2D eigenvalue weighted by atomic mass is 10.2. The molecule has 3 nitrogen and oxygen atoms in total. The Kier molecular flexibility index (Phi) is 4.68. The molecule has 82 valence electrons. The van der Waals surface area contributed by atoms with Crippen LogP contribution in [0.25, 0.3) is 0 Å². The van der Waals surface area contributed by atoms with Gasteiger partial charge in [0.15, 0.2) is 0 Å². The minimum atomic E-state index is 0.556. The number of aliphatic imine (C=N–C) groups is 1. The second kappa shape index (κ2) is 6.06. The molecule has 0 aliphatic heterocycles. The van der Waals surface area contributed by atoms with Gasteiger partial charge in [0.05, 0.1) is 12.2 Å². The molecule has 0 saturated carbocycles. The Hall–Kier alpha value is -1.51. The molecule has 0 aromatic heterocycles. The summed E-state index contributed by atoms with van der Waals surface area (Å²) in [4.78, 5) is 4.27. The molecule has 1 aromatic rings. The lowest BCUT2D eigenvalue weighted by Crippen LogP contribution is -2.15. The van der Waals surface area contributed by atoms with Crippen LogP contribution in [0.5, 0.6) is 5.75 Å². The van der Waals surface area contributed by atoms with E-state index in [1.807, 2.05) is 31.2 Å². The molecule has 0 heterocycles. The number of ether oxygens (including phenoxy) is 1. The smallest absolute Gasteiger partial charge is 0.130 e. The topological polar surface area (TPSA) is 47.6 Å². The molecule has 1 rings (SSSR count). The van der Waals surface area contributed by atoms with Crippen LogP contribution >= 0.6 is 0 Å². The van der Waals surface area contributed by atoms with Crippen LogP contribution in [0, 0.1) is 0 Å². The number of para-hydroxylation sites is 1. The summed E-state index contributed by atoms with van der Waals surface area (Å²) in [7, 11) is 0. The van der Waals surface area contributed by atoms with E-state index in [2.05, 4.69) is 11.9 Å². The lowest BCUT2D eigenvalue weighted by Gasteiger charge is -2.09. The van der Waals surface area contributed by atoms with Crippen molar-refractivity contribution in [3.8, 4) is 5.75 Å². The summed E-state index contributed by atoms with van der Waals surface area (Å²) in [6, 6.07) is 7.71. The largest absolute Gasteiger partial charge is 0.493 e. The van der Waals surface area contributed by atoms with E-state index in [-0.39, 0.29) is 0 Å². The van der Waals surface area contributed by atoms with Crippen LogP contribution in [0.4, 0.5) is 0 Å². The van der Waals surface area contributed by atoms with Gasteiger partial charge in [-0.25, -0.2) is 0 Å². The minimum absolute atomic E-state index is 0.556. The first-order valence-corrected chi connectivity index (χ1v) is 5.31. The van der Waals surface area contributed by atoms with E-state index in [0.29, 0.717) is 12.4 Å². The third-order valence-electron chi connectivity index (χ3n) is 1.97. The SMILES string of the molecule is CCCN=C(N)c1ccccc1OCC. The van der Waals surface area contributed by atoms with Crippen molar-refractivity contribution in [2.75, 3.05) is 13.2 Å². The molecule has 0 saturated heterocycles. The highest BCUT2D eigenvalue weighted by Crippen LogP contribution is 2.17. The first kappa shape index (κ1) is 11.6. The van der Waals surface area contributed by atoms with Crippen LogP contribution < -0.4 is 10.5 Å². The van der Waals surface area contributed by atoms with Crippen LogP contribution in [-0.4, -0.2) is 19.0 Å². The molecule has 1 aromatic carbocycles. The highest BCUT2D eigenvalue weighted by molar-refractivity contribution is 5.99. The molecule has 0 aliphatic rings. The molecule has 0 unspecified atom stereocenters. The van der Waals surface area contributed by atoms with Crippen molar-refractivity contribution < 1.29 is 4.74 Å². The normalized spacial score (nSPS) is 11.5. The van der Waals surface area contributed by atoms with Gasteiger partial charge >= 0.3 is 0 Å². The van der Waals surface area contributed by atoms with Gasteiger partial charge in [0, 0.05) is 6.54 Å². The maximum Gasteiger partial charge on any atom is 0.130 e. The zero-order chi connectivity index (χ0) is 11.1. The van der Waals surface area contributed by atoms with Gasteiger partial charge in [-0.2, -0.15) is 0 Å². The quantitative estimate of drug-likeness (QED) is 0.593. The molecule has 0 fully saturated rings. The fourth-order valence-corrected chi connectivity index (χ4v) is 1.28. The maximum atomic E-state index is 5.88. The second-order valence-corrected chi connectivity index (χ2v) is 3.20. The Morgan fingerprint density at radius 3 is 2.73 bits per heavy atom. The van der Waals surface area contributed by atoms with E-state index in [4.69, 9.17) is 10.5 Å². The summed E-state index contributed by atoms with van der Waals surface area (Å²) in [6.45, 7) is 5.42. The average molecular weight is 206 g/mol. The summed E-state index contributed by atoms with van der Waals surface area (Å²) in [5.41, 5.74) is 6.76. The average Bonchev–Trinajstić information content (AvgIpc) is 2.27. The number of hydrogen-bond donors (Lipinski definition) is 1. The minimum Gasteiger partial charge on any atom is -0.493 e. The Bertz CT molecular complexity index is 334. The third-order valence-corrected chi connectivity index (χ3v) is 1.97. The van der Waals surface area contributed by atoms with Crippen LogP contribution in [0.3, 0.4) is 0 Å². The Morgan fingerprint density at radius 2 is 2.07 bits per heavy atom. The highest BCUT2D eigenvalue weighted by Gasteiger charge is 2.05. The molecule has 15 heavy (non-hydrogen) atoms. The number of rotatable bonds is 5. The van der Waals surface area contributed by atoms with Gasteiger partial charge in [-0.3, -0.25) is 4.99 Å². The number of nitrogens with two attached hydrogens (primary N) is 1. The summed E-state index contributed by atoms with van der Waals surface area (Å²) in [5, 5.41) is 0. The molecule has 0 aliphatic carbocycles. The van der Waals surface area contributed by atoms with E-state index in [1.54, 1.807) is 0 Å². The first-order chi connectivity index (χ1) is 7.29. The van der Waals surface area contributed by atoms with Gasteiger partial charge in [0.2, 0.25) is 0 Å². The van der Waals surface area contributed by atoms with Gasteiger partial charge in [0.1, 0.15) is 11.6 Å². The monoisotopic (exact) mass is 206 g/mol. The summed E-state index contributed by atoms with van der Waals surface area (Å²) < 4.78 is 5.48. The Balaban J connectivity index is 2.91. The van der Waals surface area contributed by atoms with Crippen LogP contribution in [0.2, 0.25) is 0 Å². The van der Waals surface area contributed by atoms with E-state index in [9.17, 15) is 0 Å². The van der Waals surface area contributed by atoms with Gasteiger partial charge in [-0.05, 0) is 25.5 Å². The summed E-state index contributed by atoms with van der Waals surface area (Å²) in [5.74, 6) is 1.36. The number of benzene rings is 1. The van der Waals surface area contributed by atoms with Crippen LogP contribution in [0.15, 0.2) is 29.3 Å². The van der Waals surface area contributed by atoms with E-state index >= 15 is 0 Å². The second-order valence-electron chi connectivity index (χ2n) is 3.20. The lowest BCUT2D eigenvalue weighted by molar-refractivity contribution is 0.339. The Morgan fingerprint density at radius 1 is 1.33 bits per heavy atom. The maximum absolute atomic E-state index is 5.88. The molecule has 0 bridgehead atoms. The molecule has 0 atom stereocenters. The molecule has 0 radical (unpaired) electrons. The molecule has 0 amide bonds. The van der Waals surface area contributed by atoms with Gasteiger partial charge < -0.3 is 10.5 Å². The van der Waals surface area contributed by atoms with Crippen molar-refractivity contribution in [2.45, 2.75) is 20.3 Å². The van der Waals surface area contributed by atoms with Gasteiger partial charge in [-0.15, -0.1) is 0 Å². The van der Waals surface area contributed by atoms with Crippen molar-refractivity contribution in [1.82, 2.24) is 0 Å². The summed E-state index contributed by atoms with van der Waals surface area (Å²) in [6.07, 6.45) is 0.998. The molecular formula is C12H18N2O. The highest BCUT2D eigenvalue weighted by atomic mass is 16.5. The van der Waals surface area contributed by atoms with Crippen LogP contribution in [-0.2, 0) is 0 Å². The van der Waals surface area contributed by atoms with Crippen LogP contribution in [0.1, 0.15) is 25.8 Å². The van der Waals surface area contributed by atoms with Crippen molar-refractivity contribution in [3.05, 3.63) is 29.8 Å². The van der Waals surface area contributed by atoms with E-state index < -0.39 is 0 Å². The zero-order valence-electron chi connectivity index (χ0n) is 9.36. The first-order valence-electron chi connectivity index (χ1n) is 5.31. The molecule has 3 heteroatoms. The van der Waals surface area contributed by atoms with E-state index in [0.717, 1.165) is 24.3 Å². The molecular weight excluding hydrogens is 188 g/mol. The van der Waals surface area contributed by atoms with Gasteiger partial charge in [-0.1, -0.05) is 19.1 Å². The van der Waals surface area contributed by atoms with E-state index in [1.165, 1.54) is 0 Å². The fraction of sp³-hybridized carbons (Fsp3) is 0.417.